The molecule has 2 aliphatic rings. The third-order valence-electron chi connectivity index (χ3n) is 4.99. The van der Waals surface area contributed by atoms with Crippen LogP contribution in [0.2, 0.25) is 0 Å². The zero-order valence-corrected chi connectivity index (χ0v) is 21.4. The van der Waals surface area contributed by atoms with E-state index in [9.17, 15) is 26.3 Å². The maximum absolute atomic E-state index is 13.9. The topological polar surface area (TPSA) is 57.4 Å². The summed E-state index contributed by atoms with van der Waals surface area (Å²) in [5, 5.41) is 0. The molecule has 2 N–H and O–H groups in total. The van der Waals surface area contributed by atoms with E-state index in [2.05, 4.69) is 41.9 Å². The number of nitrogens with one attached hydrogen (secondary N) is 2. The first kappa shape index (κ1) is 24.4. The van der Waals surface area contributed by atoms with Crippen LogP contribution in [0.15, 0.2) is 28.7 Å². The number of fused-ring (bicyclic) bond motifs is 8. The van der Waals surface area contributed by atoms with E-state index in [-0.39, 0.29) is 68.8 Å². The summed E-state index contributed by atoms with van der Waals surface area (Å²) in [4.78, 5) is 13.4. The van der Waals surface area contributed by atoms with Gasteiger partial charge in [-0.25, -0.2) is 9.97 Å². The van der Waals surface area contributed by atoms with Gasteiger partial charge >= 0.3 is 12.4 Å². The van der Waals surface area contributed by atoms with Crippen molar-refractivity contribution in [2.45, 2.75) is 12.4 Å². The quantitative estimate of drug-likeness (QED) is 0.114. The monoisotopic (exact) mass is 587 g/mol. The van der Waals surface area contributed by atoms with E-state index in [1.54, 1.807) is 0 Å². The molecule has 0 amide bonds. The van der Waals surface area contributed by atoms with Gasteiger partial charge in [-0.1, -0.05) is 21.4 Å². The van der Waals surface area contributed by atoms with E-state index in [4.69, 9.17) is 0 Å². The Labute approximate surface area is 208 Å². The van der Waals surface area contributed by atoms with Crippen molar-refractivity contribution in [2.24, 2.45) is 0 Å². The van der Waals surface area contributed by atoms with Gasteiger partial charge in [-0.05, 0) is 53.5 Å². The fourth-order valence-corrected chi connectivity index (χ4v) is 4.05. The summed E-state index contributed by atoms with van der Waals surface area (Å²) >= 11 is 3.23. The number of hydrogen-bond acceptors (Lipinski definition) is 2. The summed E-state index contributed by atoms with van der Waals surface area (Å²) in [6.45, 7) is 0. The molecule has 34 heavy (non-hydrogen) atoms. The number of H-pyrrole nitrogens is 2. The second-order valence-electron chi connectivity index (χ2n) is 7.20. The summed E-state index contributed by atoms with van der Waals surface area (Å²) in [5.41, 5.74) is -2.58. The number of nitrogens with zero attached hydrogens (tertiary/aromatic N) is 2. The van der Waals surface area contributed by atoms with Crippen molar-refractivity contribution in [1.82, 2.24) is 19.9 Å². The molecule has 8 bridgehead atoms. The average Bonchev–Trinajstić information content (AvgIpc) is 3.48. The van der Waals surface area contributed by atoms with Crippen molar-refractivity contribution in [3.05, 3.63) is 68.7 Å². The number of aromatic amines is 2. The van der Waals surface area contributed by atoms with Gasteiger partial charge in [0, 0.05) is 35.0 Å². The van der Waals surface area contributed by atoms with Gasteiger partial charge in [0.1, 0.15) is 5.56 Å². The van der Waals surface area contributed by atoms with Crippen LogP contribution in [0.1, 0.15) is 33.9 Å². The maximum Gasteiger partial charge on any atom is 0.420 e. The Morgan fingerprint density at radius 2 is 1.41 bits per heavy atom. The Kier molecular flexibility index (Phi) is 6.10. The second-order valence-corrected chi connectivity index (χ2v) is 8.00. The zero-order valence-electron chi connectivity index (χ0n) is 16.9. The van der Waals surface area contributed by atoms with Crippen molar-refractivity contribution >= 4 is 62.3 Å². The smallest absolute Gasteiger partial charge is 0.420 e. The molecule has 0 saturated heterocycles. The van der Waals surface area contributed by atoms with Crippen LogP contribution >= 0.6 is 15.9 Å². The first-order valence-corrected chi connectivity index (χ1v) is 10.1. The molecule has 12 heteroatoms. The molecule has 0 fully saturated rings. The second kappa shape index (κ2) is 8.50. The molecule has 0 atom stereocenters. The normalized spacial score (nSPS) is 13.3. The van der Waals surface area contributed by atoms with Crippen molar-refractivity contribution in [3.63, 3.8) is 0 Å². The van der Waals surface area contributed by atoms with E-state index in [1.165, 1.54) is 48.6 Å². The van der Waals surface area contributed by atoms with Crippen molar-refractivity contribution in [2.75, 3.05) is 0 Å². The van der Waals surface area contributed by atoms with Crippen molar-refractivity contribution < 1.29 is 45.8 Å². The Balaban J connectivity index is 0.00000274. The molecular formula is C22H10BrF6N4Zn-. The average molecular weight is 590 g/mol. The van der Waals surface area contributed by atoms with E-state index in [0.29, 0.717) is 0 Å². The molecule has 2 aliphatic heterocycles. The number of aromatic nitrogens is 4. The minimum absolute atomic E-state index is 0. The molecule has 5 rings (SSSR count). The van der Waals surface area contributed by atoms with Crippen LogP contribution in [-0.2, 0) is 31.8 Å². The van der Waals surface area contributed by atoms with Gasteiger partial charge in [0.05, 0.1) is 22.8 Å². The van der Waals surface area contributed by atoms with Gasteiger partial charge in [0.25, 0.3) is 0 Å². The fourth-order valence-electron chi connectivity index (χ4n) is 3.62. The summed E-state index contributed by atoms with van der Waals surface area (Å²) in [6, 6.07) is 7.81. The van der Waals surface area contributed by atoms with E-state index >= 15 is 0 Å². The molecule has 0 saturated carbocycles. The summed E-state index contributed by atoms with van der Waals surface area (Å²) < 4.78 is 83.6. The molecular weight excluding hydrogens is 580 g/mol. The van der Waals surface area contributed by atoms with Crippen molar-refractivity contribution in [1.29, 1.82) is 0 Å². The van der Waals surface area contributed by atoms with E-state index in [1.807, 2.05) is 0 Å². The first-order chi connectivity index (χ1) is 15.5. The van der Waals surface area contributed by atoms with Gasteiger partial charge in [-0.2, -0.15) is 38.5 Å². The molecule has 0 unspecified atom stereocenters. The van der Waals surface area contributed by atoms with Crippen LogP contribution in [0.5, 0.6) is 0 Å². The molecule has 0 radical (unpaired) electrons. The van der Waals surface area contributed by atoms with Crippen LogP contribution in [0.3, 0.4) is 0 Å². The number of hydrogen-bond donors (Lipinski definition) is 2. The fraction of sp³-hybridized carbons (Fsp3) is 0.0909. The number of halogens is 7. The van der Waals surface area contributed by atoms with Gasteiger partial charge < -0.3 is 9.97 Å². The molecule has 0 aliphatic carbocycles. The van der Waals surface area contributed by atoms with Crippen LogP contribution in [0.4, 0.5) is 26.3 Å². The third-order valence-corrected chi connectivity index (χ3v) is 5.83. The number of alkyl halides is 6. The molecule has 0 aromatic carbocycles. The Morgan fingerprint density at radius 3 is 2.12 bits per heavy atom. The molecule has 4 nitrogen and oxygen atoms in total. The summed E-state index contributed by atoms with van der Waals surface area (Å²) in [7, 11) is 0. The Hall–Kier alpha value is -2.72. The molecule has 3 aromatic heterocycles. The Morgan fingerprint density at radius 1 is 0.765 bits per heavy atom. The predicted molar refractivity (Wildman–Crippen MR) is 115 cm³/mol. The number of rotatable bonds is 0. The summed E-state index contributed by atoms with van der Waals surface area (Å²) in [5.74, 6) is 0. The van der Waals surface area contributed by atoms with E-state index < -0.39 is 23.5 Å². The molecule has 5 heterocycles. The van der Waals surface area contributed by atoms with Gasteiger partial charge in [-0.3, -0.25) is 0 Å². The first-order valence-electron chi connectivity index (χ1n) is 9.35. The van der Waals surface area contributed by atoms with Crippen molar-refractivity contribution in [3.8, 4) is 0 Å². The van der Waals surface area contributed by atoms with Crippen LogP contribution in [0.25, 0.3) is 46.4 Å². The third kappa shape index (κ3) is 4.36. The summed E-state index contributed by atoms with van der Waals surface area (Å²) in [6.07, 6.45) is -4.38. The standard InChI is InChI=1S/C22H10BrF6N4.Zn/c23-20-16-7-5-14(32-16)18(21(24,25)26)12-3-1-10(30-12)9-11-2-4-13(31-11)19(22(27,28)29)15-6-8-17(20)33-15;/h1-5,7-9,31,33H;/q-1;. The van der Waals surface area contributed by atoms with Gasteiger partial charge in [0.15, 0.2) is 0 Å². The van der Waals surface area contributed by atoms with Gasteiger partial charge in [-0.15, -0.1) is 0 Å². The molecule has 170 valence electrons. The van der Waals surface area contributed by atoms with Gasteiger partial charge in [0.2, 0.25) is 0 Å². The van der Waals surface area contributed by atoms with Crippen LogP contribution < -0.4 is 0 Å². The molecule has 3 aromatic rings. The zero-order chi connectivity index (χ0) is 23.5. The SMILES string of the molecule is FC(F)(F)c1c2nc(cc3ccc([nH]3)c(C(F)(F)F)c3[c-]cc([nH]3)c(Br)c3nc1C=C3)C=C2.[Zn]. The Bertz CT molecular complexity index is 1510. The molecule has 0 spiro atoms. The maximum atomic E-state index is 13.9. The van der Waals surface area contributed by atoms with Crippen LogP contribution in [-0.4, -0.2) is 19.9 Å². The largest absolute Gasteiger partial charge is 0.426 e. The van der Waals surface area contributed by atoms with Crippen LogP contribution in [0, 0.1) is 6.07 Å². The van der Waals surface area contributed by atoms with E-state index in [0.717, 1.165) is 0 Å². The minimum Gasteiger partial charge on any atom is -0.426 e. The minimum atomic E-state index is -4.74. The predicted octanol–water partition coefficient (Wildman–Crippen LogP) is 7.25.